The number of carbonyl (C=O) groups is 3. The summed E-state index contributed by atoms with van der Waals surface area (Å²) in [5, 5.41) is 26.4. The zero-order valence-electron chi connectivity index (χ0n) is 25.6. The summed E-state index contributed by atoms with van der Waals surface area (Å²) in [5.41, 5.74) is 0. The molecule has 42 heavy (non-hydrogen) atoms. The van der Waals surface area contributed by atoms with Crippen LogP contribution in [0.25, 0.3) is 0 Å². The maximum atomic E-state index is 12.3. The second-order valence-corrected chi connectivity index (χ2v) is 10.4. The third-order valence-electron chi connectivity index (χ3n) is 6.45. The van der Waals surface area contributed by atoms with Gasteiger partial charge in [0.1, 0.15) is 13.2 Å². The number of aliphatic hydroxyl groups is 3. The summed E-state index contributed by atoms with van der Waals surface area (Å²) < 4.78 is 15.9. The Balaban J connectivity index is 4.58. The Morgan fingerprint density at radius 2 is 0.762 bits per heavy atom. The molecule has 0 aromatic rings. The van der Waals surface area contributed by atoms with Crippen LogP contribution in [0, 0.1) is 0 Å². The van der Waals surface area contributed by atoms with Crippen molar-refractivity contribution >= 4 is 17.9 Å². The molecule has 0 unspecified atom stereocenters. The lowest BCUT2D eigenvalue weighted by Gasteiger charge is -2.16. The molecule has 0 amide bonds. The highest BCUT2D eigenvalue weighted by molar-refractivity contribution is 5.83. The summed E-state index contributed by atoms with van der Waals surface area (Å²) in [4.78, 5) is 36.6. The molecule has 0 rings (SSSR count). The van der Waals surface area contributed by atoms with Crippen LogP contribution in [0.1, 0.15) is 116 Å². The number of ether oxygens (including phenoxy) is 3. The van der Waals surface area contributed by atoms with Gasteiger partial charge in [0.2, 0.25) is 0 Å². The molecule has 0 spiro atoms. The second-order valence-electron chi connectivity index (χ2n) is 10.4. The van der Waals surface area contributed by atoms with Gasteiger partial charge < -0.3 is 29.5 Å². The lowest BCUT2D eigenvalue weighted by molar-refractivity contribution is -0.160. The third kappa shape index (κ3) is 29.0. The van der Waals surface area contributed by atoms with Crippen LogP contribution >= 0.6 is 0 Å². The summed E-state index contributed by atoms with van der Waals surface area (Å²) in [7, 11) is 0. The van der Waals surface area contributed by atoms with E-state index in [-0.39, 0.29) is 33.0 Å². The SMILES string of the molecule is O=C(C=CCCCCCCCO)OCC(COC(=O)C=CCCCCCCCO)OC(=O)C=CCCCCCCCO. The Kier molecular flexibility index (Phi) is 29.6. The fourth-order valence-electron chi connectivity index (χ4n) is 4.02. The van der Waals surface area contributed by atoms with Gasteiger partial charge in [0, 0.05) is 38.0 Å². The number of carbonyl (C=O) groups excluding carboxylic acids is 3. The van der Waals surface area contributed by atoms with Crippen molar-refractivity contribution in [3.63, 3.8) is 0 Å². The molecule has 9 heteroatoms. The van der Waals surface area contributed by atoms with E-state index in [1.807, 2.05) is 0 Å². The van der Waals surface area contributed by atoms with Crippen LogP contribution in [0.3, 0.4) is 0 Å². The number of unbranched alkanes of at least 4 members (excludes halogenated alkanes) is 15. The smallest absolute Gasteiger partial charge is 0.330 e. The van der Waals surface area contributed by atoms with Crippen molar-refractivity contribution in [2.45, 2.75) is 122 Å². The van der Waals surface area contributed by atoms with Gasteiger partial charge in [0.15, 0.2) is 6.10 Å². The first-order valence-electron chi connectivity index (χ1n) is 15.9. The number of hydrogen-bond donors (Lipinski definition) is 3. The molecule has 0 aromatic heterocycles. The summed E-state index contributed by atoms with van der Waals surface area (Å²) in [6, 6.07) is 0. The van der Waals surface area contributed by atoms with E-state index in [2.05, 4.69) is 0 Å². The number of rotatable bonds is 29. The molecule has 0 saturated carbocycles. The lowest BCUT2D eigenvalue weighted by atomic mass is 10.1. The molecule has 0 aliphatic carbocycles. The minimum Gasteiger partial charge on any atom is -0.458 e. The highest BCUT2D eigenvalue weighted by atomic mass is 16.6. The minimum atomic E-state index is -0.937. The van der Waals surface area contributed by atoms with Gasteiger partial charge in [-0.15, -0.1) is 0 Å². The highest BCUT2D eigenvalue weighted by Gasteiger charge is 2.17. The lowest BCUT2D eigenvalue weighted by Crippen LogP contribution is -2.30. The topological polar surface area (TPSA) is 140 Å². The van der Waals surface area contributed by atoms with Crippen LogP contribution in [0.2, 0.25) is 0 Å². The first kappa shape index (κ1) is 39.5. The Labute approximate surface area is 253 Å². The first-order chi connectivity index (χ1) is 20.5. The zero-order chi connectivity index (χ0) is 30.9. The van der Waals surface area contributed by atoms with Crippen LogP contribution in [-0.4, -0.2) is 72.4 Å². The highest BCUT2D eigenvalue weighted by Crippen LogP contribution is 2.08. The van der Waals surface area contributed by atoms with Crippen LogP contribution in [0.4, 0.5) is 0 Å². The molecular formula is C33H56O9. The van der Waals surface area contributed by atoms with Crippen molar-refractivity contribution in [2.75, 3.05) is 33.0 Å². The average Bonchev–Trinajstić information content (AvgIpc) is 2.98. The molecule has 0 aromatic carbocycles. The third-order valence-corrected chi connectivity index (χ3v) is 6.45. The van der Waals surface area contributed by atoms with Crippen molar-refractivity contribution in [3.8, 4) is 0 Å². The predicted molar refractivity (Wildman–Crippen MR) is 164 cm³/mol. The Morgan fingerprint density at radius 3 is 1.12 bits per heavy atom. The van der Waals surface area contributed by atoms with Crippen molar-refractivity contribution in [1.29, 1.82) is 0 Å². The molecule has 0 atom stereocenters. The Hall–Kier alpha value is -2.49. The quantitative estimate of drug-likeness (QED) is 0.0432. The molecule has 3 N–H and O–H groups in total. The van der Waals surface area contributed by atoms with Crippen molar-refractivity contribution < 1.29 is 43.9 Å². The van der Waals surface area contributed by atoms with E-state index >= 15 is 0 Å². The van der Waals surface area contributed by atoms with E-state index in [9.17, 15) is 14.4 Å². The largest absolute Gasteiger partial charge is 0.458 e. The van der Waals surface area contributed by atoms with Gasteiger partial charge in [0.05, 0.1) is 0 Å². The van der Waals surface area contributed by atoms with E-state index in [0.29, 0.717) is 0 Å². The molecule has 0 bridgehead atoms. The molecule has 0 aliphatic heterocycles. The standard InChI is InChI=1S/C33H56O9/c34-25-19-13-7-1-4-10-16-22-31(37)40-28-30(42-33(39)24-18-12-6-3-9-15-21-27-36)29-41-32(38)23-17-11-5-2-8-14-20-26-35/h16-18,22-24,30,34-36H,1-15,19-21,25-29H2. The van der Waals surface area contributed by atoms with Gasteiger partial charge in [0.25, 0.3) is 0 Å². The van der Waals surface area contributed by atoms with E-state index in [0.717, 1.165) is 116 Å². The minimum absolute atomic E-state index is 0.212. The summed E-state index contributed by atoms with van der Waals surface area (Å²) >= 11 is 0. The Morgan fingerprint density at radius 1 is 0.452 bits per heavy atom. The van der Waals surface area contributed by atoms with Crippen LogP contribution < -0.4 is 0 Å². The molecule has 0 heterocycles. The second kappa shape index (κ2) is 31.4. The van der Waals surface area contributed by atoms with E-state index in [1.54, 1.807) is 18.2 Å². The molecule has 9 nitrogen and oxygen atoms in total. The van der Waals surface area contributed by atoms with Gasteiger partial charge in [-0.25, -0.2) is 14.4 Å². The monoisotopic (exact) mass is 596 g/mol. The van der Waals surface area contributed by atoms with Crippen molar-refractivity contribution in [1.82, 2.24) is 0 Å². The maximum Gasteiger partial charge on any atom is 0.330 e. The van der Waals surface area contributed by atoms with Gasteiger partial charge in [-0.1, -0.05) is 76.0 Å². The van der Waals surface area contributed by atoms with Gasteiger partial charge in [-0.2, -0.15) is 0 Å². The number of allylic oxidation sites excluding steroid dienone is 3. The number of aliphatic hydroxyl groups excluding tert-OH is 3. The normalized spacial score (nSPS) is 12.4. The van der Waals surface area contributed by atoms with Gasteiger partial charge >= 0.3 is 17.9 Å². The molecule has 0 fully saturated rings. The number of esters is 3. The molecular weight excluding hydrogens is 540 g/mol. The van der Waals surface area contributed by atoms with Gasteiger partial charge in [-0.05, 0) is 57.8 Å². The van der Waals surface area contributed by atoms with E-state index in [1.165, 1.54) is 18.2 Å². The fraction of sp³-hybridized carbons (Fsp3) is 0.727. The van der Waals surface area contributed by atoms with Crippen LogP contribution in [-0.2, 0) is 28.6 Å². The van der Waals surface area contributed by atoms with E-state index in [4.69, 9.17) is 29.5 Å². The first-order valence-corrected chi connectivity index (χ1v) is 15.9. The summed E-state index contributed by atoms with van der Waals surface area (Å²) in [5.74, 6) is -1.71. The molecule has 0 radical (unpaired) electrons. The molecule has 0 aliphatic rings. The maximum absolute atomic E-state index is 12.3. The molecule has 242 valence electrons. The number of hydrogen-bond acceptors (Lipinski definition) is 9. The fourth-order valence-corrected chi connectivity index (χ4v) is 4.02. The molecule has 0 saturated heterocycles. The van der Waals surface area contributed by atoms with Crippen molar-refractivity contribution in [2.24, 2.45) is 0 Å². The van der Waals surface area contributed by atoms with Gasteiger partial charge in [-0.3, -0.25) is 0 Å². The summed E-state index contributed by atoms with van der Waals surface area (Å²) in [6.45, 7) is 0.172. The Bertz CT molecular complexity index is 704. The van der Waals surface area contributed by atoms with Crippen LogP contribution in [0.5, 0.6) is 0 Å². The van der Waals surface area contributed by atoms with Crippen molar-refractivity contribution in [3.05, 3.63) is 36.5 Å². The predicted octanol–water partition coefficient (Wildman–Crippen LogP) is 5.65. The van der Waals surface area contributed by atoms with Crippen LogP contribution in [0.15, 0.2) is 36.5 Å². The summed E-state index contributed by atoms with van der Waals surface area (Å²) in [6.07, 6.45) is 25.0. The average molecular weight is 597 g/mol. The zero-order valence-corrected chi connectivity index (χ0v) is 25.6. The van der Waals surface area contributed by atoms with E-state index < -0.39 is 24.0 Å².